The first-order valence-electron chi connectivity index (χ1n) is 10.6. The van der Waals surface area contributed by atoms with Gasteiger partial charge in [-0.25, -0.2) is 0 Å². The van der Waals surface area contributed by atoms with Crippen LogP contribution in [0.2, 0.25) is 5.02 Å². The Bertz CT molecular complexity index is 1080. The molecule has 174 valence electrons. The molecule has 33 heavy (non-hydrogen) atoms. The van der Waals surface area contributed by atoms with Crippen molar-refractivity contribution in [1.29, 1.82) is 0 Å². The number of carbonyl (C=O) groups is 3. The van der Waals surface area contributed by atoms with E-state index in [0.717, 1.165) is 24.5 Å². The summed E-state index contributed by atoms with van der Waals surface area (Å²) in [5.74, 6) is -1.12. The molecule has 9 nitrogen and oxygen atoms in total. The number of hydrogen-bond donors (Lipinski definition) is 3. The Morgan fingerprint density at radius 1 is 1.15 bits per heavy atom. The van der Waals surface area contributed by atoms with Crippen molar-refractivity contribution >= 4 is 40.7 Å². The van der Waals surface area contributed by atoms with E-state index in [1.807, 2.05) is 6.07 Å². The third-order valence-electron chi connectivity index (χ3n) is 5.25. The van der Waals surface area contributed by atoms with Crippen LogP contribution in [-0.2, 0) is 16.1 Å². The highest BCUT2D eigenvalue weighted by Gasteiger charge is 2.29. The van der Waals surface area contributed by atoms with E-state index in [4.69, 9.17) is 11.6 Å². The molecule has 0 unspecified atom stereocenters. The van der Waals surface area contributed by atoms with Gasteiger partial charge in [-0.15, -0.1) is 0 Å². The van der Waals surface area contributed by atoms with E-state index in [2.05, 4.69) is 16.0 Å². The van der Waals surface area contributed by atoms with Gasteiger partial charge in [0.1, 0.15) is 6.04 Å². The Kier molecular flexibility index (Phi) is 7.65. The van der Waals surface area contributed by atoms with E-state index in [1.54, 1.807) is 32.0 Å². The monoisotopic (exact) mass is 472 g/mol. The molecule has 0 saturated heterocycles. The standard InChI is InChI=1S/C23H25ClN4O5/c1-13(2)20(27-22(30)18-9-8-17(28(32)33)11-19(18)24)23(31)25-12-14-4-3-5-16(10-14)26-21(29)15-6-7-15/h3-5,8-11,13,15,20H,6-7,12H2,1-2H3,(H,25,31)(H,26,29)(H,27,30)/t20-/m1/s1. The second-order valence-electron chi connectivity index (χ2n) is 8.30. The number of amides is 3. The minimum Gasteiger partial charge on any atom is -0.350 e. The molecule has 0 aromatic heterocycles. The number of halogens is 1. The van der Waals surface area contributed by atoms with Crippen molar-refractivity contribution in [2.24, 2.45) is 11.8 Å². The number of non-ortho nitro benzene ring substituents is 1. The summed E-state index contributed by atoms with van der Waals surface area (Å²) in [5, 5.41) is 19.1. The Morgan fingerprint density at radius 3 is 2.48 bits per heavy atom. The molecule has 1 aliphatic carbocycles. The van der Waals surface area contributed by atoms with Gasteiger partial charge in [0.15, 0.2) is 0 Å². The van der Waals surface area contributed by atoms with Gasteiger partial charge in [-0.3, -0.25) is 24.5 Å². The zero-order chi connectivity index (χ0) is 24.1. The highest BCUT2D eigenvalue weighted by molar-refractivity contribution is 6.34. The fraction of sp³-hybridized carbons (Fsp3) is 0.348. The molecular weight excluding hydrogens is 448 g/mol. The van der Waals surface area contributed by atoms with Gasteiger partial charge in [-0.2, -0.15) is 0 Å². The third-order valence-corrected chi connectivity index (χ3v) is 5.57. The lowest BCUT2D eigenvalue weighted by Gasteiger charge is -2.22. The summed E-state index contributed by atoms with van der Waals surface area (Å²) in [7, 11) is 0. The topological polar surface area (TPSA) is 130 Å². The molecule has 1 aliphatic rings. The first-order chi connectivity index (χ1) is 15.7. The average molecular weight is 473 g/mol. The summed E-state index contributed by atoms with van der Waals surface area (Å²) >= 11 is 6.03. The van der Waals surface area contributed by atoms with E-state index >= 15 is 0 Å². The first kappa shape index (κ1) is 24.2. The van der Waals surface area contributed by atoms with Crippen LogP contribution in [0.25, 0.3) is 0 Å². The van der Waals surface area contributed by atoms with Crippen LogP contribution in [0.4, 0.5) is 11.4 Å². The molecule has 1 atom stereocenters. The maximum absolute atomic E-state index is 12.8. The lowest BCUT2D eigenvalue weighted by molar-refractivity contribution is -0.384. The SMILES string of the molecule is CC(C)[C@@H](NC(=O)c1ccc([N+](=O)[O-])cc1Cl)C(=O)NCc1cccc(NC(=O)C2CC2)c1. The summed E-state index contributed by atoms with van der Waals surface area (Å²) in [6, 6.07) is 9.88. The normalized spacial score (nSPS) is 13.8. The minimum atomic E-state index is -0.846. The van der Waals surface area contributed by atoms with Gasteiger partial charge in [-0.1, -0.05) is 37.6 Å². The van der Waals surface area contributed by atoms with Crippen molar-refractivity contribution in [3.05, 3.63) is 68.7 Å². The van der Waals surface area contributed by atoms with Gasteiger partial charge in [-0.05, 0) is 42.5 Å². The van der Waals surface area contributed by atoms with Gasteiger partial charge in [0.25, 0.3) is 11.6 Å². The summed E-state index contributed by atoms with van der Waals surface area (Å²) in [6.07, 6.45) is 1.82. The second-order valence-corrected chi connectivity index (χ2v) is 8.71. The van der Waals surface area contributed by atoms with Gasteiger partial charge < -0.3 is 16.0 Å². The molecule has 2 aromatic carbocycles. The van der Waals surface area contributed by atoms with E-state index in [-0.39, 0.29) is 46.5 Å². The van der Waals surface area contributed by atoms with Crippen molar-refractivity contribution in [1.82, 2.24) is 10.6 Å². The van der Waals surface area contributed by atoms with E-state index < -0.39 is 16.9 Å². The summed E-state index contributed by atoms with van der Waals surface area (Å²) < 4.78 is 0. The van der Waals surface area contributed by atoms with E-state index in [0.29, 0.717) is 5.69 Å². The zero-order valence-electron chi connectivity index (χ0n) is 18.3. The van der Waals surface area contributed by atoms with Gasteiger partial charge in [0.2, 0.25) is 11.8 Å². The number of anilines is 1. The highest BCUT2D eigenvalue weighted by atomic mass is 35.5. The predicted molar refractivity (Wildman–Crippen MR) is 124 cm³/mol. The molecule has 0 radical (unpaired) electrons. The van der Waals surface area contributed by atoms with Gasteiger partial charge >= 0.3 is 0 Å². The molecule has 0 heterocycles. The summed E-state index contributed by atoms with van der Waals surface area (Å²) in [6.45, 7) is 3.79. The molecule has 3 N–H and O–H groups in total. The fourth-order valence-electron chi connectivity index (χ4n) is 3.20. The Balaban J connectivity index is 1.61. The Labute approximate surface area is 196 Å². The molecule has 2 aromatic rings. The van der Waals surface area contributed by atoms with Crippen LogP contribution in [0, 0.1) is 22.0 Å². The van der Waals surface area contributed by atoms with E-state index in [1.165, 1.54) is 12.1 Å². The maximum atomic E-state index is 12.8. The second kappa shape index (κ2) is 10.4. The van der Waals surface area contributed by atoms with Crippen LogP contribution in [-0.4, -0.2) is 28.7 Å². The van der Waals surface area contributed by atoms with Crippen LogP contribution < -0.4 is 16.0 Å². The molecule has 3 rings (SSSR count). The predicted octanol–water partition coefficient (Wildman–Crippen LogP) is 3.67. The highest BCUT2D eigenvalue weighted by Crippen LogP contribution is 2.30. The quantitative estimate of drug-likeness (QED) is 0.378. The zero-order valence-corrected chi connectivity index (χ0v) is 19.0. The van der Waals surface area contributed by atoms with Gasteiger partial charge in [0.05, 0.1) is 15.5 Å². The van der Waals surface area contributed by atoms with Crippen LogP contribution >= 0.6 is 11.6 Å². The minimum absolute atomic E-state index is 0.00340. The Hall–Kier alpha value is -3.46. The largest absolute Gasteiger partial charge is 0.350 e. The van der Waals surface area contributed by atoms with Crippen molar-refractivity contribution < 1.29 is 19.3 Å². The number of nitrogens with zero attached hydrogens (tertiary/aromatic N) is 1. The summed E-state index contributed by atoms with van der Waals surface area (Å²) in [4.78, 5) is 47.7. The smallest absolute Gasteiger partial charge is 0.270 e. The van der Waals surface area contributed by atoms with E-state index in [9.17, 15) is 24.5 Å². The first-order valence-corrected chi connectivity index (χ1v) is 11.0. The fourth-order valence-corrected chi connectivity index (χ4v) is 3.46. The number of nitrogens with one attached hydrogen (secondary N) is 3. The van der Waals surface area contributed by atoms with Crippen molar-refractivity contribution in [3.63, 3.8) is 0 Å². The van der Waals surface area contributed by atoms with Gasteiger partial charge in [0, 0.05) is 30.3 Å². The summed E-state index contributed by atoms with van der Waals surface area (Å²) in [5.41, 5.74) is 1.27. The third kappa shape index (κ3) is 6.52. The molecule has 3 amide bonds. The molecule has 0 aliphatic heterocycles. The van der Waals surface area contributed by atoms with Crippen molar-refractivity contribution in [2.75, 3.05) is 5.32 Å². The lowest BCUT2D eigenvalue weighted by Crippen LogP contribution is -2.49. The van der Waals surface area contributed by atoms with Crippen LogP contribution in [0.1, 0.15) is 42.6 Å². The number of carbonyl (C=O) groups excluding carboxylic acids is 3. The molecule has 10 heteroatoms. The average Bonchev–Trinajstić information content (AvgIpc) is 3.61. The molecule has 1 fully saturated rings. The van der Waals surface area contributed by atoms with Crippen LogP contribution in [0.3, 0.4) is 0 Å². The number of nitro benzene ring substituents is 1. The number of benzene rings is 2. The molecule has 0 bridgehead atoms. The molecular formula is C23H25ClN4O5. The number of nitro groups is 1. The molecule has 0 spiro atoms. The lowest BCUT2D eigenvalue weighted by atomic mass is 10.0. The van der Waals surface area contributed by atoms with Crippen LogP contribution in [0.15, 0.2) is 42.5 Å². The maximum Gasteiger partial charge on any atom is 0.270 e. The number of hydrogen-bond acceptors (Lipinski definition) is 5. The Morgan fingerprint density at radius 2 is 1.88 bits per heavy atom. The molecule has 1 saturated carbocycles. The number of rotatable bonds is 9. The van der Waals surface area contributed by atoms with Crippen molar-refractivity contribution in [3.8, 4) is 0 Å². The van der Waals surface area contributed by atoms with Crippen LogP contribution in [0.5, 0.6) is 0 Å². The van der Waals surface area contributed by atoms with Crippen molar-refractivity contribution in [2.45, 2.75) is 39.3 Å².